The molecule has 0 bridgehead atoms. The molecule has 0 unspecified atom stereocenters. The van der Waals surface area contributed by atoms with Gasteiger partial charge in [-0.1, -0.05) is 48.5 Å². The van der Waals surface area contributed by atoms with Gasteiger partial charge in [0.25, 0.3) is 5.91 Å². The van der Waals surface area contributed by atoms with E-state index < -0.39 is 17.5 Å². The molecule has 5 rings (SSSR count). The van der Waals surface area contributed by atoms with Gasteiger partial charge in [-0.2, -0.15) is 0 Å². The Balaban J connectivity index is 0.00000304. The van der Waals surface area contributed by atoms with Gasteiger partial charge < -0.3 is 14.5 Å². The van der Waals surface area contributed by atoms with Gasteiger partial charge >= 0.3 is 11.6 Å². The summed E-state index contributed by atoms with van der Waals surface area (Å²) in [7, 11) is 0. The maximum Gasteiger partial charge on any atom is 0.349 e. The van der Waals surface area contributed by atoms with E-state index in [1.54, 1.807) is 31.2 Å². The maximum atomic E-state index is 13.1. The fraction of sp³-hybridized carbons (Fsp3) is 0.222. The Bertz CT molecular complexity index is 1460. The van der Waals surface area contributed by atoms with E-state index in [2.05, 4.69) is 22.3 Å². The van der Waals surface area contributed by atoms with Crippen LogP contribution in [0.25, 0.3) is 11.0 Å². The van der Waals surface area contributed by atoms with Crippen molar-refractivity contribution in [1.29, 1.82) is 0 Å². The highest BCUT2D eigenvalue weighted by Gasteiger charge is 2.30. The minimum absolute atomic E-state index is 0. The number of anilines is 1. The Morgan fingerprint density at radius 1 is 1.11 bits per heavy atom. The van der Waals surface area contributed by atoms with Gasteiger partial charge in [-0.05, 0) is 36.6 Å². The number of ether oxygens (including phenoxy) is 1. The first-order valence-corrected chi connectivity index (χ1v) is 12.3. The lowest BCUT2D eigenvalue weighted by Crippen LogP contribution is -2.30. The number of halogens is 1. The molecule has 2 aromatic carbocycles. The summed E-state index contributed by atoms with van der Waals surface area (Å²) >= 11 is 1.36. The number of benzene rings is 2. The number of para-hydroxylation sites is 1. The second-order valence-corrected chi connectivity index (χ2v) is 9.42. The standard InChI is InChI=1S/C27H24N2O5S.ClH/c1-2-33-27(32)23-19-12-13-29(15-17-8-4-3-5-9-17)16-22(19)35-25(23)28-24(30)20-14-18-10-6-7-11-21(18)34-26(20)31;/h3-11,14H,2,12-13,15-16H2,1H3,(H,28,30);1H. The predicted molar refractivity (Wildman–Crippen MR) is 142 cm³/mol. The first kappa shape index (κ1) is 25.6. The average molecular weight is 525 g/mol. The van der Waals surface area contributed by atoms with Gasteiger partial charge in [-0.3, -0.25) is 9.69 Å². The van der Waals surface area contributed by atoms with Gasteiger partial charge in [0.2, 0.25) is 0 Å². The average Bonchev–Trinajstić information content (AvgIpc) is 3.21. The van der Waals surface area contributed by atoms with E-state index in [1.807, 2.05) is 18.2 Å². The van der Waals surface area contributed by atoms with Gasteiger partial charge in [0.15, 0.2) is 0 Å². The zero-order valence-corrected chi connectivity index (χ0v) is 21.2. The van der Waals surface area contributed by atoms with Crippen molar-refractivity contribution < 1.29 is 18.7 Å². The van der Waals surface area contributed by atoms with E-state index in [0.717, 1.165) is 23.5 Å². The topological polar surface area (TPSA) is 88.8 Å². The van der Waals surface area contributed by atoms with Crippen molar-refractivity contribution in [3.63, 3.8) is 0 Å². The first-order valence-electron chi connectivity index (χ1n) is 11.5. The molecule has 0 fully saturated rings. The summed E-state index contributed by atoms with van der Waals surface area (Å²) in [5.41, 5.74) is 2.06. The van der Waals surface area contributed by atoms with Crippen molar-refractivity contribution in [2.24, 2.45) is 0 Å². The molecule has 0 spiro atoms. The normalized spacial score (nSPS) is 13.0. The van der Waals surface area contributed by atoms with Crippen LogP contribution in [0.5, 0.6) is 0 Å². The SMILES string of the molecule is CCOC(=O)c1c(NC(=O)c2cc3ccccc3oc2=O)sc2c1CCN(Cc1ccccc1)C2.Cl. The lowest BCUT2D eigenvalue weighted by atomic mass is 10.0. The second kappa shape index (κ2) is 11.1. The summed E-state index contributed by atoms with van der Waals surface area (Å²) in [5, 5.41) is 3.83. The highest BCUT2D eigenvalue weighted by atomic mass is 35.5. The first-order chi connectivity index (χ1) is 17.0. The van der Waals surface area contributed by atoms with Crippen LogP contribution >= 0.6 is 23.7 Å². The largest absolute Gasteiger partial charge is 0.462 e. The van der Waals surface area contributed by atoms with Gasteiger partial charge in [0.1, 0.15) is 16.1 Å². The van der Waals surface area contributed by atoms with Crippen LogP contribution in [0.3, 0.4) is 0 Å². The summed E-state index contributed by atoms with van der Waals surface area (Å²) in [6, 6.07) is 18.7. The number of thiophene rings is 1. The molecule has 4 aromatic rings. The summed E-state index contributed by atoms with van der Waals surface area (Å²) in [4.78, 5) is 41.8. The van der Waals surface area contributed by atoms with Crippen LogP contribution < -0.4 is 10.9 Å². The number of nitrogens with zero attached hydrogens (tertiary/aromatic N) is 1. The molecule has 9 heteroatoms. The zero-order valence-electron chi connectivity index (χ0n) is 19.6. The number of esters is 1. The molecule has 0 saturated heterocycles. The minimum Gasteiger partial charge on any atom is -0.462 e. The van der Waals surface area contributed by atoms with E-state index in [9.17, 15) is 14.4 Å². The molecule has 186 valence electrons. The third kappa shape index (κ3) is 5.21. The number of amides is 1. The summed E-state index contributed by atoms with van der Waals surface area (Å²) < 4.78 is 10.6. The van der Waals surface area contributed by atoms with E-state index >= 15 is 0 Å². The molecule has 0 aliphatic carbocycles. The molecular weight excluding hydrogens is 500 g/mol. The third-order valence-electron chi connectivity index (χ3n) is 5.98. The summed E-state index contributed by atoms with van der Waals surface area (Å²) in [6.45, 7) is 4.22. The molecule has 1 aliphatic rings. The van der Waals surface area contributed by atoms with Gasteiger partial charge in [-0.25, -0.2) is 9.59 Å². The Hall–Kier alpha value is -3.46. The molecule has 7 nitrogen and oxygen atoms in total. The van der Waals surface area contributed by atoms with Crippen molar-refractivity contribution in [2.75, 3.05) is 18.5 Å². The predicted octanol–water partition coefficient (Wildman–Crippen LogP) is 5.26. The molecule has 0 radical (unpaired) electrons. The molecule has 2 aromatic heterocycles. The number of fused-ring (bicyclic) bond motifs is 2. The van der Waals surface area contributed by atoms with E-state index in [4.69, 9.17) is 9.15 Å². The van der Waals surface area contributed by atoms with Gasteiger partial charge in [-0.15, -0.1) is 23.7 Å². The van der Waals surface area contributed by atoms with Crippen LogP contribution in [0.2, 0.25) is 0 Å². The number of carbonyl (C=O) groups excluding carboxylic acids is 2. The second-order valence-electron chi connectivity index (χ2n) is 8.31. The Kier molecular flexibility index (Phi) is 7.88. The van der Waals surface area contributed by atoms with E-state index in [1.165, 1.54) is 23.0 Å². The smallest absolute Gasteiger partial charge is 0.349 e. The summed E-state index contributed by atoms with van der Waals surface area (Å²) in [5.74, 6) is -1.09. The molecule has 1 amide bonds. The summed E-state index contributed by atoms with van der Waals surface area (Å²) in [6.07, 6.45) is 0.667. The maximum absolute atomic E-state index is 13.1. The molecule has 36 heavy (non-hydrogen) atoms. The number of carbonyl (C=O) groups is 2. The molecule has 1 N–H and O–H groups in total. The van der Waals surface area contributed by atoms with Crippen molar-refractivity contribution in [2.45, 2.75) is 26.4 Å². The Morgan fingerprint density at radius 2 is 1.86 bits per heavy atom. The van der Waals surface area contributed by atoms with Crippen LogP contribution in [0, 0.1) is 0 Å². The van der Waals surface area contributed by atoms with Crippen LogP contribution in [0.1, 0.15) is 43.6 Å². The molecule has 1 aliphatic heterocycles. The van der Waals surface area contributed by atoms with Crippen molar-refractivity contribution in [1.82, 2.24) is 4.90 Å². The number of nitrogens with one attached hydrogen (secondary N) is 1. The fourth-order valence-electron chi connectivity index (χ4n) is 4.33. The van der Waals surface area contributed by atoms with E-state index in [0.29, 0.717) is 34.5 Å². The Labute approximate surface area is 218 Å². The zero-order chi connectivity index (χ0) is 24.4. The van der Waals surface area contributed by atoms with Crippen LogP contribution in [-0.2, 0) is 24.2 Å². The Morgan fingerprint density at radius 3 is 2.64 bits per heavy atom. The number of hydrogen-bond donors (Lipinski definition) is 1. The number of hydrogen-bond acceptors (Lipinski definition) is 7. The number of rotatable bonds is 6. The molecule has 0 atom stereocenters. The molecular formula is C27H25ClN2O5S. The van der Waals surface area contributed by atoms with Crippen LogP contribution in [0.4, 0.5) is 5.00 Å². The van der Waals surface area contributed by atoms with E-state index in [-0.39, 0.29) is 24.6 Å². The lowest BCUT2D eigenvalue weighted by molar-refractivity contribution is 0.0526. The monoisotopic (exact) mass is 524 g/mol. The van der Waals surface area contributed by atoms with Crippen LogP contribution in [-0.4, -0.2) is 29.9 Å². The minimum atomic E-state index is -0.728. The quantitative estimate of drug-likeness (QED) is 0.273. The van der Waals surface area contributed by atoms with Gasteiger partial charge in [0.05, 0.1) is 12.2 Å². The molecule has 0 saturated carbocycles. The van der Waals surface area contributed by atoms with Crippen molar-refractivity contribution in [3.05, 3.63) is 98.2 Å². The van der Waals surface area contributed by atoms with Crippen molar-refractivity contribution in [3.8, 4) is 0 Å². The van der Waals surface area contributed by atoms with Crippen molar-refractivity contribution >= 4 is 51.6 Å². The van der Waals surface area contributed by atoms with Crippen LogP contribution in [0.15, 0.2) is 69.9 Å². The van der Waals surface area contributed by atoms with Gasteiger partial charge in [0, 0.05) is 29.9 Å². The highest BCUT2D eigenvalue weighted by Crippen LogP contribution is 2.38. The highest BCUT2D eigenvalue weighted by molar-refractivity contribution is 7.17. The third-order valence-corrected chi connectivity index (χ3v) is 7.11. The fourth-order valence-corrected chi connectivity index (χ4v) is 5.60. The molecule has 3 heterocycles. The lowest BCUT2D eigenvalue weighted by Gasteiger charge is -2.27.